The predicted octanol–water partition coefficient (Wildman–Crippen LogP) is 3.84. The lowest BCUT2D eigenvalue weighted by molar-refractivity contribution is -0.107. The highest BCUT2D eigenvalue weighted by molar-refractivity contribution is 5.68. The molecule has 5 nitrogen and oxygen atoms in total. The fraction of sp³-hybridized carbons (Fsp3) is 0.600. The standard InChI is InChI=1S/C20H31NO4/c1-15(2)18(14-24-6)21(19(23)25-20(3,4)5)13-17-9-7-8-16(12-17)10-11-22/h7-9,11-12,15,18H,10,13-14H2,1-6H3/t18-/m0/s1. The van der Waals surface area contributed by atoms with Crippen molar-refractivity contribution in [1.29, 1.82) is 0 Å². The Morgan fingerprint density at radius 3 is 2.40 bits per heavy atom. The molecule has 0 N–H and O–H groups in total. The van der Waals surface area contributed by atoms with Crippen molar-refractivity contribution in [1.82, 2.24) is 4.90 Å². The zero-order valence-electron chi connectivity index (χ0n) is 16.2. The number of carbonyl (C=O) groups excluding carboxylic acids is 2. The minimum Gasteiger partial charge on any atom is -0.444 e. The first-order chi connectivity index (χ1) is 11.7. The van der Waals surface area contributed by atoms with Gasteiger partial charge in [-0.25, -0.2) is 4.79 Å². The SMILES string of the molecule is COC[C@@H](C(C)C)N(Cc1cccc(CC=O)c1)C(=O)OC(C)(C)C. The van der Waals surface area contributed by atoms with Gasteiger partial charge in [-0.05, 0) is 37.8 Å². The van der Waals surface area contributed by atoms with Gasteiger partial charge >= 0.3 is 6.09 Å². The summed E-state index contributed by atoms with van der Waals surface area (Å²) in [6.07, 6.45) is 0.891. The summed E-state index contributed by atoms with van der Waals surface area (Å²) in [5.74, 6) is 0.214. The number of amides is 1. The van der Waals surface area contributed by atoms with Crippen LogP contribution in [0.2, 0.25) is 0 Å². The van der Waals surface area contributed by atoms with Crippen molar-refractivity contribution in [3.8, 4) is 0 Å². The molecule has 0 aliphatic rings. The van der Waals surface area contributed by atoms with Crippen LogP contribution in [0.5, 0.6) is 0 Å². The molecule has 0 aliphatic heterocycles. The largest absolute Gasteiger partial charge is 0.444 e. The van der Waals surface area contributed by atoms with E-state index in [1.165, 1.54) is 0 Å². The van der Waals surface area contributed by atoms with Crippen molar-refractivity contribution >= 4 is 12.4 Å². The van der Waals surface area contributed by atoms with Crippen molar-refractivity contribution in [2.45, 2.75) is 59.2 Å². The minimum atomic E-state index is -0.566. The molecule has 0 heterocycles. The number of carbonyl (C=O) groups is 2. The first-order valence-corrected chi connectivity index (χ1v) is 8.68. The normalized spacial score (nSPS) is 12.8. The maximum absolute atomic E-state index is 12.8. The number of benzene rings is 1. The summed E-state index contributed by atoms with van der Waals surface area (Å²) in [4.78, 5) is 25.3. The van der Waals surface area contributed by atoms with Gasteiger partial charge in [-0.2, -0.15) is 0 Å². The lowest BCUT2D eigenvalue weighted by atomic mass is 10.0. The van der Waals surface area contributed by atoms with Crippen LogP contribution in [0.4, 0.5) is 4.79 Å². The molecule has 5 heteroatoms. The summed E-state index contributed by atoms with van der Waals surface area (Å²) in [6.45, 7) is 10.5. The van der Waals surface area contributed by atoms with Gasteiger partial charge in [0, 0.05) is 20.1 Å². The van der Waals surface area contributed by atoms with Crippen LogP contribution in [-0.2, 0) is 27.2 Å². The second kappa shape index (κ2) is 9.56. The van der Waals surface area contributed by atoms with Crippen LogP contribution < -0.4 is 0 Å². The summed E-state index contributed by atoms with van der Waals surface area (Å²) < 4.78 is 10.9. The Morgan fingerprint density at radius 2 is 1.88 bits per heavy atom. The zero-order chi connectivity index (χ0) is 19.0. The molecule has 0 spiro atoms. The van der Waals surface area contributed by atoms with Gasteiger partial charge in [0.05, 0.1) is 12.6 Å². The molecule has 0 saturated carbocycles. The Balaban J connectivity index is 3.10. The number of rotatable bonds is 8. The van der Waals surface area contributed by atoms with E-state index in [0.29, 0.717) is 19.6 Å². The van der Waals surface area contributed by atoms with E-state index in [0.717, 1.165) is 17.4 Å². The first kappa shape index (κ1) is 21.2. The number of hydrogen-bond donors (Lipinski definition) is 0. The molecular formula is C20H31NO4. The number of nitrogens with zero attached hydrogens (tertiary/aromatic N) is 1. The van der Waals surface area contributed by atoms with Crippen molar-refractivity contribution < 1.29 is 19.1 Å². The fourth-order valence-electron chi connectivity index (χ4n) is 2.60. The highest BCUT2D eigenvalue weighted by atomic mass is 16.6. The molecule has 0 unspecified atom stereocenters. The topological polar surface area (TPSA) is 55.8 Å². The molecule has 0 saturated heterocycles. The average Bonchev–Trinajstić information content (AvgIpc) is 2.49. The number of ether oxygens (including phenoxy) is 2. The van der Waals surface area contributed by atoms with E-state index >= 15 is 0 Å². The van der Waals surface area contributed by atoms with E-state index in [4.69, 9.17) is 9.47 Å². The minimum absolute atomic E-state index is 0.102. The van der Waals surface area contributed by atoms with Crippen molar-refractivity contribution in [2.75, 3.05) is 13.7 Å². The van der Waals surface area contributed by atoms with Crippen LogP contribution >= 0.6 is 0 Å². The Labute approximate surface area is 151 Å². The Bertz CT molecular complexity index is 563. The molecule has 1 amide bonds. The lowest BCUT2D eigenvalue weighted by Crippen LogP contribution is -2.47. The summed E-state index contributed by atoms with van der Waals surface area (Å²) in [5, 5.41) is 0. The van der Waals surface area contributed by atoms with Crippen LogP contribution in [0.15, 0.2) is 24.3 Å². The van der Waals surface area contributed by atoms with Gasteiger partial charge in [-0.1, -0.05) is 38.1 Å². The highest BCUT2D eigenvalue weighted by Gasteiger charge is 2.30. The van der Waals surface area contributed by atoms with Gasteiger partial charge in [0.25, 0.3) is 0 Å². The second-order valence-corrected chi connectivity index (χ2v) is 7.57. The van der Waals surface area contributed by atoms with E-state index in [-0.39, 0.29) is 18.1 Å². The Kier molecular flexibility index (Phi) is 8.10. The third-order valence-electron chi connectivity index (χ3n) is 3.80. The van der Waals surface area contributed by atoms with Crippen molar-refractivity contribution in [2.24, 2.45) is 5.92 Å². The van der Waals surface area contributed by atoms with Gasteiger partial charge in [-0.3, -0.25) is 4.90 Å². The summed E-state index contributed by atoms with van der Waals surface area (Å²) in [5.41, 5.74) is 1.33. The van der Waals surface area contributed by atoms with Crippen LogP contribution in [0.25, 0.3) is 0 Å². The lowest BCUT2D eigenvalue weighted by Gasteiger charge is -2.35. The molecule has 1 rings (SSSR count). The maximum Gasteiger partial charge on any atom is 0.410 e. The third-order valence-corrected chi connectivity index (χ3v) is 3.80. The highest BCUT2D eigenvalue weighted by Crippen LogP contribution is 2.20. The molecular weight excluding hydrogens is 318 g/mol. The van der Waals surface area contributed by atoms with Gasteiger partial charge in [0.15, 0.2) is 0 Å². The molecule has 140 valence electrons. The third kappa shape index (κ3) is 7.26. The molecule has 0 aliphatic carbocycles. The van der Waals surface area contributed by atoms with E-state index in [9.17, 15) is 9.59 Å². The maximum atomic E-state index is 12.8. The number of hydrogen-bond acceptors (Lipinski definition) is 4. The van der Waals surface area contributed by atoms with E-state index in [1.807, 2.05) is 45.0 Å². The number of methoxy groups -OCH3 is 1. The van der Waals surface area contributed by atoms with Gasteiger partial charge in [-0.15, -0.1) is 0 Å². The van der Waals surface area contributed by atoms with Gasteiger partial charge in [0.2, 0.25) is 0 Å². The molecule has 25 heavy (non-hydrogen) atoms. The molecule has 1 aromatic rings. The quantitative estimate of drug-likeness (QED) is 0.669. The summed E-state index contributed by atoms with van der Waals surface area (Å²) in [6, 6.07) is 7.62. The summed E-state index contributed by atoms with van der Waals surface area (Å²) >= 11 is 0. The molecule has 0 radical (unpaired) electrons. The Hall–Kier alpha value is -1.88. The van der Waals surface area contributed by atoms with Crippen LogP contribution in [-0.4, -0.2) is 42.6 Å². The number of aldehydes is 1. The van der Waals surface area contributed by atoms with Crippen molar-refractivity contribution in [3.63, 3.8) is 0 Å². The Morgan fingerprint density at radius 1 is 1.24 bits per heavy atom. The second-order valence-electron chi connectivity index (χ2n) is 7.57. The molecule has 1 atom stereocenters. The van der Waals surface area contributed by atoms with Crippen LogP contribution in [0, 0.1) is 5.92 Å². The predicted molar refractivity (Wildman–Crippen MR) is 98.5 cm³/mol. The van der Waals surface area contributed by atoms with Crippen LogP contribution in [0.3, 0.4) is 0 Å². The van der Waals surface area contributed by atoms with E-state index in [1.54, 1.807) is 12.0 Å². The fourth-order valence-corrected chi connectivity index (χ4v) is 2.60. The smallest absolute Gasteiger partial charge is 0.410 e. The molecule has 1 aromatic carbocycles. The summed E-state index contributed by atoms with van der Waals surface area (Å²) in [7, 11) is 1.63. The zero-order valence-corrected chi connectivity index (χ0v) is 16.2. The monoisotopic (exact) mass is 349 g/mol. The van der Waals surface area contributed by atoms with Crippen molar-refractivity contribution in [3.05, 3.63) is 35.4 Å². The molecule has 0 aromatic heterocycles. The van der Waals surface area contributed by atoms with Gasteiger partial charge < -0.3 is 14.3 Å². The first-order valence-electron chi connectivity index (χ1n) is 8.68. The average molecular weight is 349 g/mol. The van der Waals surface area contributed by atoms with E-state index < -0.39 is 5.60 Å². The molecule has 0 bridgehead atoms. The van der Waals surface area contributed by atoms with Crippen LogP contribution in [0.1, 0.15) is 45.7 Å². The van der Waals surface area contributed by atoms with E-state index in [2.05, 4.69) is 13.8 Å². The van der Waals surface area contributed by atoms with Gasteiger partial charge in [0.1, 0.15) is 11.9 Å². The molecule has 0 fully saturated rings.